The van der Waals surface area contributed by atoms with Gasteiger partial charge in [-0.3, -0.25) is 0 Å². The summed E-state index contributed by atoms with van der Waals surface area (Å²) in [6.45, 7) is 0.0746. The third-order valence-electron chi connectivity index (χ3n) is 2.25. The van der Waals surface area contributed by atoms with E-state index < -0.39 is 12.2 Å². The molecule has 0 aliphatic carbocycles. The van der Waals surface area contributed by atoms with Crippen molar-refractivity contribution in [2.45, 2.75) is 18.6 Å². The third-order valence-corrected chi connectivity index (χ3v) is 2.60. The number of aromatic hydroxyl groups is 1. The molecule has 1 aromatic carbocycles. The summed E-state index contributed by atoms with van der Waals surface area (Å²) in [6.07, 6.45) is -2.24. The van der Waals surface area contributed by atoms with E-state index >= 15 is 0 Å². The quantitative estimate of drug-likeness (QED) is 0.427. The Labute approximate surface area is 103 Å². The molecule has 17 heavy (non-hydrogen) atoms. The van der Waals surface area contributed by atoms with Crippen LogP contribution in [0.5, 0.6) is 5.75 Å². The second-order valence-corrected chi connectivity index (χ2v) is 3.87. The number of aliphatic hydroxyl groups excluding tert-OH is 2. The molecule has 0 amide bonds. The molecule has 0 aromatic heterocycles. The normalized spacial score (nSPS) is 13.8. The number of aliphatic hydroxyl groups is 2. The van der Waals surface area contributed by atoms with Gasteiger partial charge in [0.1, 0.15) is 11.9 Å². The maximum absolute atomic E-state index is 9.81. The number of phenolic OH excluding ortho intramolecular Hbond substituents is 1. The average molecular weight is 258 g/mol. The maximum atomic E-state index is 9.81. The molecular weight excluding hydrogens is 246 g/mol. The zero-order chi connectivity index (χ0) is 12.8. The number of nitrogens with zero attached hydrogens (tertiary/aromatic N) is 3. The van der Waals surface area contributed by atoms with E-state index in [1.54, 1.807) is 0 Å². The Bertz CT molecular complexity index is 435. The van der Waals surface area contributed by atoms with Crippen molar-refractivity contribution in [1.82, 2.24) is 0 Å². The van der Waals surface area contributed by atoms with Crippen LogP contribution >= 0.6 is 11.6 Å². The number of hydrogen-bond donors (Lipinski definition) is 3. The van der Waals surface area contributed by atoms with Crippen molar-refractivity contribution in [1.29, 1.82) is 0 Å². The fraction of sp³-hybridized carbons (Fsp3) is 0.400. The highest BCUT2D eigenvalue weighted by atomic mass is 35.5. The Morgan fingerprint density at radius 2 is 2.12 bits per heavy atom. The lowest BCUT2D eigenvalue weighted by Crippen LogP contribution is -2.19. The molecule has 0 radical (unpaired) electrons. The second-order valence-electron chi connectivity index (χ2n) is 3.46. The van der Waals surface area contributed by atoms with Gasteiger partial charge in [-0.1, -0.05) is 16.7 Å². The van der Waals surface area contributed by atoms with E-state index in [-0.39, 0.29) is 29.3 Å². The van der Waals surface area contributed by atoms with Crippen LogP contribution in [0.4, 0.5) is 0 Å². The van der Waals surface area contributed by atoms with E-state index in [0.29, 0.717) is 0 Å². The van der Waals surface area contributed by atoms with Gasteiger partial charge >= 0.3 is 0 Å². The predicted molar refractivity (Wildman–Crippen MR) is 62.7 cm³/mol. The lowest BCUT2D eigenvalue weighted by Gasteiger charge is -2.18. The first kappa shape index (κ1) is 13.6. The summed E-state index contributed by atoms with van der Waals surface area (Å²) in [5.74, 6) is -0.0503. The summed E-state index contributed by atoms with van der Waals surface area (Å²) in [4.78, 5) is 2.54. The van der Waals surface area contributed by atoms with Crippen LogP contribution in [0.25, 0.3) is 10.4 Å². The Balaban J connectivity index is 2.76. The maximum Gasteiger partial charge on any atom is 0.116 e. The van der Waals surface area contributed by atoms with Crippen molar-refractivity contribution >= 4 is 11.6 Å². The standard InChI is InChI=1S/C10H12ClN3O3/c11-8-2-1-6(15)5-7(8)10(17)9(16)3-4-13-14-12/h1-2,5,9-10,15-17H,3-4H2. The first-order valence-corrected chi connectivity index (χ1v) is 5.29. The van der Waals surface area contributed by atoms with Crippen LogP contribution < -0.4 is 0 Å². The van der Waals surface area contributed by atoms with Crippen LogP contribution in [0.1, 0.15) is 18.1 Å². The summed E-state index contributed by atoms with van der Waals surface area (Å²) in [5, 5.41) is 32.2. The summed E-state index contributed by atoms with van der Waals surface area (Å²) in [7, 11) is 0. The van der Waals surface area contributed by atoms with Gasteiger partial charge in [0.05, 0.1) is 6.10 Å². The monoisotopic (exact) mass is 257 g/mol. The summed E-state index contributed by atoms with van der Waals surface area (Å²) in [5.41, 5.74) is 8.31. The number of benzene rings is 1. The van der Waals surface area contributed by atoms with Crippen molar-refractivity contribution in [2.24, 2.45) is 5.11 Å². The van der Waals surface area contributed by atoms with E-state index in [9.17, 15) is 15.3 Å². The molecule has 0 heterocycles. The van der Waals surface area contributed by atoms with Crippen LogP contribution in [0.2, 0.25) is 5.02 Å². The minimum absolute atomic E-state index is 0.0503. The van der Waals surface area contributed by atoms with E-state index in [1.165, 1.54) is 18.2 Å². The Morgan fingerprint density at radius 3 is 2.76 bits per heavy atom. The van der Waals surface area contributed by atoms with Gasteiger partial charge in [0.25, 0.3) is 0 Å². The Morgan fingerprint density at radius 1 is 1.41 bits per heavy atom. The van der Waals surface area contributed by atoms with E-state index in [1.807, 2.05) is 0 Å². The molecule has 0 spiro atoms. The number of azide groups is 1. The number of phenols is 1. The van der Waals surface area contributed by atoms with E-state index in [0.717, 1.165) is 0 Å². The minimum atomic E-state index is -1.23. The Kier molecular flexibility index (Phi) is 5.06. The fourth-order valence-electron chi connectivity index (χ4n) is 1.36. The molecule has 6 nitrogen and oxygen atoms in total. The van der Waals surface area contributed by atoms with Gasteiger partial charge in [-0.25, -0.2) is 0 Å². The van der Waals surface area contributed by atoms with Crippen molar-refractivity contribution < 1.29 is 15.3 Å². The lowest BCUT2D eigenvalue weighted by atomic mass is 10.0. The highest BCUT2D eigenvalue weighted by Crippen LogP contribution is 2.29. The van der Waals surface area contributed by atoms with Crippen LogP contribution in [-0.4, -0.2) is 28.0 Å². The molecule has 92 valence electrons. The SMILES string of the molecule is [N-]=[N+]=NCCC(O)C(O)c1cc(O)ccc1Cl. The molecular formula is C10H12ClN3O3. The van der Waals surface area contributed by atoms with Gasteiger partial charge < -0.3 is 15.3 Å². The number of halogens is 1. The molecule has 7 heteroatoms. The van der Waals surface area contributed by atoms with Gasteiger partial charge in [0, 0.05) is 22.0 Å². The molecule has 0 fully saturated rings. The van der Waals surface area contributed by atoms with Gasteiger partial charge in [-0.05, 0) is 30.2 Å². The number of rotatable bonds is 5. The molecule has 0 aliphatic heterocycles. The average Bonchev–Trinajstić information content (AvgIpc) is 2.31. The van der Waals surface area contributed by atoms with Crippen LogP contribution in [0.15, 0.2) is 23.3 Å². The smallest absolute Gasteiger partial charge is 0.116 e. The third kappa shape index (κ3) is 3.80. The molecule has 2 unspecified atom stereocenters. The van der Waals surface area contributed by atoms with Gasteiger partial charge in [0.15, 0.2) is 0 Å². The zero-order valence-electron chi connectivity index (χ0n) is 8.86. The summed E-state index contributed by atoms with van der Waals surface area (Å²) < 4.78 is 0. The topological polar surface area (TPSA) is 109 Å². The number of hydrogen-bond acceptors (Lipinski definition) is 4. The van der Waals surface area contributed by atoms with Crippen molar-refractivity contribution in [3.8, 4) is 5.75 Å². The van der Waals surface area contributed by atoms with Crippen LogP contribution in [0, 0.1) is 0 Å². The van der Waals surface area contributed by atoms with Gasteiger partial charge in [-0.2, -0.15) is 0 Å². The molecule has 1 rings (SSSR count). The summed E-state index contributed by atoms with van der Waals surface area (Å²) in [6, 6.07) is 4.09. The highest BCUT2D eigenvalue weighted by molar-refractivity contribution is 6.31. The van der Waals surface area contributed by atoms with Crippen molar-refractivity contribution in [3.63, 3.8) is 0 Å². The van der Waals surface area contributed by atoms with Crippen molar-refractivity contribution in [2.75, 3.05) is 6.54 Å². The minimum Gasteiger partial charge on any atom is -0.508 e. The zero-order valence-corrected chi connectivity index (χ0v) is 9.62. The van der Waals surface area contributed by atoms with E-state index in [2.05, 4.69) is 10.0 Å². The Hall–Kier alpha value is -1.46. The molecule has 3 N–H and O–H groups in total. The fourth-order valence-corrected chi connectivity index (χ4v) is 1.59. The molecule has 0 aliphatic rings. The van der Waals surface area contributed by atoms with Crippen molar-refractivity contribution in [3.05, 3.63) is 39.2 Å². The lowest BCUT2D eigenvalue weighted by molar-refractivity contribution is 0.0150. The highest BCUT2D eigenvalue weighted by Gasteiger charge is 2.20. The molecule has 0 saturated heterocycles. The van der Waals surface area contributed by atoms with Crippen LogP contribution in [-0.2, 0) is 0 Å². The van der Waals surface area contributed by atoms with Crippen LogP contribution in [0.3, 0.4) is 0 Å². The molecule has 0 bridgehead atoms. The van der Waals surface area contributed by atoms with Gasteiger partial charge in [-0.15, -0.1) is 0 Å². The van der Waals surface area contributed by atoms with Gasteiger partial charge in [0.2, 0.25) is 0 Å². The molecule has 1 aromatic rings. The van der Waals surface area contributed by atoms with E-state index in [4.69, 9.17) is 17.1 Å². The second kappa shape index (κ2) is 6.32. The predicted octanol–water partition coefficient (Wildman–Crippen LogP) is 2.14. The molecule has 0 saturated carbocycles. The first-order chi connectivity index (χ1) is 8.06. The largest absolute Gasteiger partial charge is 0.508 e. The molecule has 2 atom stereocenters. The first-order valence-electron chi connectivity index (χ1n) is 4.91. The summed E-state index contributed by atoms with van der Waals surface area (Å²) >= 11 is 5.83.